The van der Waals surface area contributed by atoms with Gasteiger partial charge in [-0.15, -0.1) is 0 Å². The summed E-state index contributed by atoms with van der Waals surface area (Å²) >= 11 is 0. The molecule has 1 unspecified atom stereocenters. The second-order valence-electron chi connectivity index (χ2n) is 8.59. The molecule has 1 N–H and O–H groups in total. The quantitative estimate of drug-likeness (QED) is 0.460. The van der Waals surface area contributed by atoms with E-state index in [9.17, 15) is 13.2 Å². The topological polar surface area (TPSA) is 84.3 Å². The number of carbonyl (C=O) groups is 1. The third-order valence-corrected chi connectivity index (χ3v) is 7.67. The van der Waals surface area contributed by atoms with Crippen molar-refractivity contribution in [3.63, 3.8) is 0 Å². The van der Waals surface area contributed by atoms with E-state index in [4.69, 9.17) is 4.98 Å². The minimum atomic E-state index is -3.53. The normalized spacial score (nSPS) is 12.9. The maximum Gasteiger partial charge on any atom is 0.242 e. The number of nitrogens with zero attached hydrogens (tertiary/aromatic N) is 3. The number of sulfonamides is 1. The minimum Gasteiger partial charge on any atom is -0.355 e. The highest BCUT2D eigenvalue weighted by atomic mass is 32.2. The number of aryl methyl sites for hydroxylation is 2. The molecule has 0 aliphatic carbocycles. The molecule has 0 spiro atoms. The largest absolute Gasteiger partial charge is 0.355 e. The Morgan fingerprint density at radius 2 is 1.88 bits per heavy atom. The summed E-state index contributed by atoms with van der Waals surface area (Å²) in [5.41, 5.74) is 2.74. The first kappa shape index (κ1) is 24.9. The first-order chi connectivity index (χ1) is 15.7. The summed E-state index contributed by atoms with van der Waals surface area (Å²) in [4.78, 5) is 17.5. The molecular formula is C25H34N4O3S. The van der Waals surface area contributed by atoms with Gasteiger partial charge in [0.05, 0.1) is 15.9 Å². The SMILES string of the molecule is CCCCn1c(CCC(=O)NCC(C)c2ccccc2)nc2cc(S(=O)(=O)N(C)C)ccc21. The van der Waals surface area contributed by atoms with Crippen LogP contribution in [0.3, 0.4) is 0 Å². The van der Waals surface area contributed by atoms with Crippen molar-refractivity contribution >= 4 is 27.0 Å². The van der Waals surface area contributed by atoms with Crippen LogP contribution in [0.15, 0.2) is 53.4 Å². The number of rotatable bonds is 11. The van der Waals surface area contributed by atoms with Crippen molar-refractivity contribution < 1.29 is 13.2 Å². The summed E-state index contributed by atoms with van der Waals surface area (Å²) in [6, 6.07) is 15.2. The van der Waals surface area contributed by atoms with Gasteiger partial charge in [-0.3, -0.25) is 4.79 Å². The third-order valence-electron chi connectivity index (χ3n) is 5.86. The molecule has 33 heavy (non-hydrogen) atoms. The van der Waals surface area contributed by atoms with E-state index < -0.39 is 10.0 Å². The Morgan fingerprint density at radius 3 is 2.55 bits per heavy atom. The van der Waals surface area contributed by atoms with Crippen LogP contribution < -0.4 is 5.32 Å². The fraction of sp³-hybridized carbons (Fsp3) is 0.440. The van der Waals surface area contributed by atoms with E-state index in [1.807, 2.05) is 24.3 Å². The zero-order valence-corrected chi connectivity index (χ0v) is 20.7. The molecule has 0 radical (unpaired) electrons. The van der Waals surface area contributed by atoms with Gasteiger partial charge in [-0.05, 0) is 36.1 Å². The molecule has 1 aromatic heterocycles. The molecule has 3 aromatic rings. The smallest absolute Gasteiger partial charge is 0.242 e. The van der Waals surface area contributed by atoms with E-state index in [1.54, 1.807) is 12.1 Å². The van der Waals surface area contributed by atoms with Crippen molar-refractivity contribution in [2.24, 2.45) is 0 Å². The van der Waals surface area contributed by atoms with Gasteiger partial charge in [0.25, 0.3) is 0 Å². The molecule has 1 heterocycles. The van der Waals surface area contributed by atoms with Crippen LogP contribution in [0.2, 0.25) is 0 Å². The highest BCUT2D eigenvalue weighted by Crippen LogP contribution is 2.23. The Hall–Kier alpha value is -2.71. The predicted molar refractivity (Wildman–Crippen MR) is 132 cm³/mol. The zero-order valence-electron chi connectivity index (χ0n) is 19.9. The molecule has 0 saturated carbocycles. The number of benzene rings is 2. The molecule has 0 saturated heterocycles. The Balaban J connectivity index is 1.73. The van der Waals surface area contributed by atoms with Gasteiger partial charge in [-0.2, -0.15) is 0 Å². The molecular weight excluding hydrogens is 436 g/mol. The Bertz CT molecular complexity index is 1190. The van der Waals surface area contributed by atoms with Crippen LogP contribution in [-0.4, -0.2) is 48.8 Å². The van der Waals surface area contributed by atoms with Crippen molar-refractivity contribution in [1.82, 2.24) is 19.2 Å². The van der Waals surface area contributed by atoms with Crippen LogP contribution in [0.5, 0.6) is 0 Å². The van der Waals surface area contributed by atoms with E-state index in [-0.39, 0.29) is 16.7 Å². The highest BCUT2D eigenvalue weighted by molar-refractivity contribution is 7.89. The van der Waals surface area contributed by atoms with Crippen LogP contribution in [0.4, 0.5) is 0 Å². The number of hydrogen-bond acceptors (Lipinski definition) is 4. The lowest BCUT2D eigenvalue weighted by molar-refractivity contribution is -0.121. The van der Waals surface area contributed by atoms with Gasteiger partial charge in [-0.1, -0.05) is 50.6 Å². The minimum absolute atomic E-state index is 0.0113. The Kier molecular flexibility index (Phi) is 8.26. The van der Waals surface area contributed by atoms with Crippen LogP contribution in [0, 0.1) is 0 Å². The Morgan fingerprint density at radius 1 is 1.15 bits per heavy atom. The molecule has 1 atom stereocenters. The lowest BCUT2D eigenvalue weighted by Gasteiger charge is -2.13. The molecule has 3 rings (SSSR count). The van der Waals surface area contributed by atoms with Crippen molar-refractivity contribution in [3.8, 4) is 0 Å². The fourth-order valence-electron chi connectivity index (χ4n) is 3.77. The summed E-state index contributed by atoms with van der Waals surface area (Å²) in [5, 5.41) is 3.03. The number of hydrogen-bond donors (Lipinski definition) is 1. The standard InChI is InChI=1S/C25H34N4O3S/c1-5-6-16-29-23-13-12-21(33(31,32)28(3)4)17-22(23)27-24(29)14-15-25(30)26-18-19(2)20-10-8-7-9-11-20/h7-13,17,19H,5-6,14-16,18H2,1-4H3,(H,26,30). The van der Waals surface area contributed by atoms with Gasteiger partial charge in [0.2, 0.25) is 15.9 Å². The van der Waals surface area contributed by atoms with Gasteiger partial charge in [0.15, 0.2) is 0 Å². The molecule has 2 aromatic carbocycles. The summed E-state index contributed by atoms with van der Waals surface area (Å²) in [5.74, 6) is 1.04. The first-order valence-corrected chi connectivity index (χ1v) is 12.9. The maximum atomic E-state index is 12.5. The van der Waals surface area contributed by atoms with E-state index in [2.05, 4.69) is 35.9 Å². The Labute approximate surface area is 196 Å². The summed E-state index contributed by atoms with van der Waals surface area (Å²) in [6.07, 6.45) is 2.85. The molecule has 7 nitrogen and oxygen atoms in total. The summed E-state index contributed by atoms with van der Waals surface area (Å²) in [6.45, 7) is 5.59. The average Bonchev–Trinajstić information content (AvgIpc) is 3.16. The van der Waals surface area contributed by atoms with Crippen LogP contribution in [0.25, 0.3) is 11.0 Å². The molecule has 8 heteroatoms. The zero-order chi connectivity index (χ0) is 24.0. The average molecular weight is 471 g/mol. The van der Waals surface area contributed by atoms with E-state index >= 15 is 0 Å². The van der Waals surface area contributed by atoms with Gasteiger partial charge in [-0.25, -0.2) is 17.7 Å². The van der Waals surface area contributed by atoms with Crippen LogP contribution in [0.1, 0.15) is 50.4 Å². The second-order valence-corrected chi connectivity index (χ2v) is 10.7. The van der Waals surface area contributed by atoms with E-state index in [0.29, 0.717) is 24.9 Å². The number of nitrogens with one attached hydrogen (secondary N) is 1. The predicted octanol–water partition coefficient (Wildman–Crippen LogP) is 3.94. The number of fused-ring (bicyclic) bond motifs is 1. The highest BCUT2D eigenvalue weighted by Gasteiger charge is 2.20. The fourth-order valence-corrected chi connectivity index (χ4v) is 4.69. The number of carbonyl (C=O) groups excluding carboxylic acids is 1. The molecule has 0 aliphatic heterocycles. The van der Waals surface area contributed by atoms with Gasteiger partial charge >= 0.3 is 0 Å². The van der Waals surface area contributed by atoms with E-state index in [1.165, 1.54) is 24.0 Å². The van der Waals surface area contributed by atoms with Gasteiger partial charge in [0, 0.05) is 40.0 Å². The van der Waals surface area contributed by atoms with Crippen molar-refractivity contribution in [2.75, 3.05) is 20.6 Å². The van der Waals surface area contributed by atoms with Gasteiger partial charge < -0.3 is 9.88 Å². The van der Waals surface area contributed by atoms with Crippen LogP contribution in [-0.2, 0) is 27.8 Å². The van der Waals surface area contributed by atoms with Crippen molar-refractivity contribution in [1.29, 1.82) is 0 Å². The molecule has 0 bridgehead atoms. The molecule has 178 valence electrons. The van der Waals surface area contributed by atoms with Crippen molar-refractivity contribution in [2.45, 2.75) is 56.9 Å². The number of aromatic nitrogens is 2. The number of unbranched alkanes of at least 4 members (excludes halogenated alkanes) is 1. The lowest BCUT2D eigenvalue weighted by atomic mass is 10.0. The van der Waals surface area contributed by atoms with Crippen LogP contribution >= 0.6 is 0 Å². The number of imidazole rings is 1. The monoisotopic (exact) mass is 470 g/mol. The third kappa shape index (κ3) is 6.00. The molecule has 0 aliphatic rings. The van der Waals surface area contributed by atoms with E-state index in [0.717, 1.165) is 30.7 Å². The summed E-state index contributed by atoms with van der Waals surface area (Å²) < 4.78 is 28.4. The lowest BCUT2D eigenvalue weighted by Crippen LogP contribution is -2.28. The van der Waals surface area contributed by atoms with Crippen molar-refractivity contribution in [3.05, 3.63) is 59.9 Å². The maximum absolute atomic E-state index is 12.5. The number of amides is 1. The summed E-state index contributed by atoms with van der Waals surface area (Å²) in [7, 11) is -0.501. The first-order valence-electron chi connectivity index (χ1n) is 11.5. The van der Waals surface area contributed by atoms with Gasteiger partial charge in [0.1, 0.15) is 5.82 Å². The molecule has 1 amide bonds. The molecule has 0 fully saturated rings. The second kappa shape index (κ2) is 10.9.